The summed E-state index contributed by atoms with van der Waals surface area (Å²) >= 11 is 7.39. The third kappa shape index (κ3) is 6.93. The van der Waals surface area contributed by atoms with Crippen LogP contribution in [0.1, 0.15) is 38.5 Å². The molecule has 0 fully saturated rings. The lowest BCUT2D eigenvalue weighted by Gasteiger charge is -2.31. The van der Waals surface area contributed by atoms with Crippen LogP contribution in [-0.4, -0.2) is 18.0 Å². The van der Waals surface area contributed by atoms with Crippen LogP contribution in [0, 0.1) is 5.92 Å². The molecule has 0 aliphatic carbocycles. The summed E-state index contributed by atoms with van der Waals surface area (Å²) in [4.78, 5) is 13.1. The summed E-state index contributed by atoms with van der Waals surface area (Å²) in [5.41, 5.74) is 5.48. The van der Waals surface area contributed by atoms with Gasteiger partial charge in [-0.2, -0.15) is 0 Å². The monoisotopic (exact) mass is 338 g/mol. The van der Waals surface area contributed by atoms with Gasteiger partial charge < -0.3 is 11.1 Å². The molecule has 0 aromatic carbocycles. The number of aryl methyl sites for hydroxylation is 1. The predicted molar refractivity (Wildman–Crippen MR) is 90.0 cm³/mol. The molecule has 116 valence electrons. The fourth-order valence-electron chi connectivity index (χ4n) is 2.21. The highest BCUT2D eigenvalue weighted by Gasteiger charge is 2.25. The van der Waals surface area contributed by atoms with Crippen LogP contribution in [0.15, 0.2) is 12.1 Å². The molecule has 1 atom stereocenters. The van der Waals surface area contributed by atoms with E-state index in [2.05, 4.69) is 19.2 Å². The Kier molecular flexibility index (Phi) is 8.75. The average Bonchev–Trinajstić information content (AvgIpc) is 2.71. The van der Waals surface area contributed by atoms with Gasteiger partial charge in [0.1, 0.15) is 0 Å². The van der Waals surface area contributed by atoms with Crippen molar-refractivity contribution in [1.82, 2.24) is 5.32 Å². The van der Waals surface area contributed by atoms with Gasteiger partial charge in [-0.25, -0.2) is 0 Å². The lowest BCUT2D eigenvalue weighted by molar-refractivity contribution is -0.122. The maximum atomic E-state index is 12.0. The molecule has 1 aromatic heterocycles. The summed E-state index contributed by atoms with van der Waals surface area (Å²) < 4.78 is 0.766. The maximum absolute atomic E-state index is 12.0. The SMILES string of the molecule is CC(C)CC(C)(CN)NC(=O)CCc1ccc(Cl)s1.Cl. The molecule has 1 heterocycles. The van der Waals surface area contributed by atoms with E-state index in [0.717, 1.165) is 22.1 Å². The molecule has 0 aliphatic heterocycles. The van der Waals surface area contributed by atoms with Gasteiger partial charge >= 0.3 is 0 Å². The quantitative estimate of drug-likeness (QED) is 0.797. The largest absolute Gasteiger partial charge is 0.350 e. The van der Waals surface area contributed by atoms with E-state index in [9.17, 15) is 4.79 Å². The van der Waals surface area contributed by atoms with E-state index in [-0.39, 0.29) is 23.9 Å². The summed E-state index contributed by atoms with van der Waals surface area (Å²) in [6.45, 7) is 6.73. The molecule has 0 radical (unpaired) electrons. The van der Waals surface area contributed by atoms with Crippen LogP contribution in [0.25, 0.3) is 0 Å². The Morgan fingerprint density at radius 1 is 1.50 bits per heavy atom. The van der Waals surface area contributed by atoms with Crippen LogP contribution in [0.2, 0.25) is 4.34 Å². The van der Waals surface area contributed by atoms with Gasteiger partial charge in [-0.3, -0.25) is 4.79 Å². The predicted octanol–water partition coefficient (Wildman–Crippen LogP) is 3.64. The van der Waals surface area contributed by atoms with Gasteiger partial charge in [0.05, 0.1) is 4.34 Å². The van der Waals surface area contributed by atoms with E-state index in [0.29, 0.717) is 18.9 Å². The highest BCUT2D eigenvalue weighted by atomic mass is 35.5. The van der Waals surface area contributed by atoms with Crippen molar-refractivity contribution in [1.29, 1.82) is 0 Å². The Morgan fingerprint density at radius 2 is 2.15 bits per heavy atom. The Morgan fingerprint density at radius 3 is 2.60 bits per heavy atom. The van der Waals surface area contributed by atoms with E-state index in [4.69, 9.17) is 17.3 Å². The van der Waals surface area contributed by atoms with Crippen LogP contribution in [-0.2, 0) is 11.2 Å². The first-order chi connectivity index (χ1) is 8.84. The van der Waals surface area contributed by atoms with E-state index < -0.39 is 0 Å². The molecule has 0 spiro atoms. The Bertz CT molecular complexity index is 423. The third-order valence-electron chi connectivity index (χ3n) is 2.98. The number of hydrogen-bond donors (Lipinski definition) is 2. The number of thiophene rings is 1. The third-order valence-corrected chi connectivity index (χ3v) is 4.27. The summed E-state index contributed by atoms with van der Waals surface area (Å²) in [6, 6.07) is 3.83. The molecule has 3 N–H and O–H groups in total. The van der Waals surface area contributed by atoms with Crippen molar-refractivity contribution < 1.29 is 4.79 Å². The molecule has 0 saturated heterocycles. The van der Waals surface area contributed by atoms with Crippen molar-refractivity contribution in [3.05, 3.63) is 21.3 Å². The Balaban J connectivity index is 0.00000361. The molecule has 1 unspecified atom stereocenters. The van der Waals surface area contributed by atoms with Crippen molar-refractivity contribution in [3.8, 4) is 0 Å². The van der Waals surface area contributed by atoms with Crippen LogP contribution in [0.5, 0.6) is 0 Å². The van der Waals surface area contributed by atoms with E-state index in [1.807, 2.05) is 19.1 Å². The minimum Gasteiger partial charge on any atom is -0.350 e. The van der Waals surface area contributed by atoms with Crippen molar-refractivity contribution in [3.63, 3.8) is 0 Å². The van der Waals surface area contributed by atoms with Gasteiger partial charge in [-0.15, -0.1) is 23.7 Å². The number of carbonyl (C=O) groups excluding carboxylic acids is 1. The van der Waals surface area contributed by atoms with E-state index >= 15 is 0 Å². The number of carbonyl (C=O) groups is 1. The van der Waals surface area contributed by atoms with Gasteiger partial charge in [0.2, 0.25) is 5.91 Å². The summed E-state index contributed by atoms with van der Waals surface area (Å²) in [6.07, 6.45) is 2.09. The van der Waals surface area contributed by atoms with Crippen molar-refractivity contribution >= 4 is 41.3 Å². The summed E-state index contributed by atoms with van der Waals surface area (Å²) in [5.74, 6) is 0.558. The van der Waals surface area contributed by atoms with Gasteiger partial charge in [-0.1, -0.05) is 25.4 Å². The lowest BCUT2D eigenvalue weighted by atomic mass is 9.90. The van der Waals surface area contributed by atoms with Crippen molar-refractivity contribution in [2.45, 2.75) is 45.6 Å². The summed E-state index contributed by atoms with van der Waals surface area (Å²) in [7, 11) is 0. The standard InChI is InChI=1S/C14H23ClN2OS.ClH/c1-10(2)8-14(3,9-16)17-13(18)7-5-11-4-6-12(15)19-11;/h4,6,10H,5,7-9,16H2,1-3H3,(H,17,18);1H. The molecule has 1 aromatic rings. The zero-order valence-corrected chi connectivity index (χ0v) is 14.6. The number of nitrogens with two attached hydrogens (primary N) is 1. The van der Waals surface area contributed by atoms with Crippen molar-refractivity contribution in [2.75, 3.05) is 6.54 Å². The van der Waals surface area contributed by atoms with Crippen LogP contribution < -0.4 is 11.1 Å². The topological polar surface area (TPSA) is 55.1 Å². The summed E-state index contributed by atoms with van der Waals surface area (Å²) in [5, 5.41) is 3.06. The van der Waals surface area contributed by atoms with Crippen LogP contribution in [0.4, 0.5) is 0 Å². The molecule has 20 heavy (non-hydrogen) atoms. The molecule has 0 bridgehead atoms. The fraction of sp³-hybridized carbons (Fsp3) is 0.643. The first-order valence-electron chi connectivity index (χ1n) is 6.60. The molecule has 0 saturated carbocycles. The minimum absolute atomic E-state index is 0. The smallest absolute Gasteiger partial charge is 0.220 e. The van der Waals surface area contributed by atoms with Gasteiger partial charge in [0, 0.05) is 23.4 Å². The second-order valence-corrected chi connectivity index (χ2v) is 7.42. The number of amides is 1. The first-order valence-corrected chi connectivity index (χ1v) is 7.79. The van der Waals surface area contributed by atoms with Crippen molar-refractivity contribution in [2.24, 2.45) is 11.7 Å². The Labute approximate surface area is 136 Å². The van der Waals surface area contributed by atoms with Gasteiger partial charge in [0.15, 0.2) is 0 Å². The highest BCUT2D eigenvalue weighted by Crippen LogP contribution is 2.22. The Hall–Kier alpha value is -0.290. The number of hydrogen-bond acceptors (Lipinski definition) is 3. The molecule has 6 heteroatoms. The number of halogens is 2. The molecular weight excluding hydrogens is 315 g/mol. The van der Waals surface area contributed by atoms with Gasteiger partial charge in [-0.05, 0) is 37.8 Å². The molecular formula is C14H24Cl2N2OS. The molecule has 3 nitrogen and oxygen atoms in total. The zero-order chi connectivity index (χ0) is 14.5. The zero-order valence-electron chi connectivity index (χ0n) is 12.2. The number of nitrogens with one attached hydrogen (secondary N) is 1. The van der Waals surface area contributed by atoms with Crippen LogP contribution in [0.3, 0.4) is 0 Å². The maximum Gasteiger partial charge on any atom is 0.220 e. The molecule has 0 aliphatic rings. The highest BCUT2D eigenvalue weighted by molar-refractivity contribution is 7.16. The number of rotatable bonds is 7. The fourth-order valence-corrected chi connectivity index (χ4v) is 3.30. The minimum atomic E-state index is -0.307. The second-order valence-electron chi connectivity index (χ2n) is 5.62. The molecule has 1 rings (SSSR count). The second kappa shape index (κ2) is 8.88. The van der Waals surface area contributed by atoms with Crippen LogP contribution >= 0.6 is 35.3 Å². The van der Waals surface area contributed by atoms with E-state index in [1.54, 1.807) is 0 Å². The normalized spacial score (nSPS) is 13.7. The lowest BCUT2D eigenvalue weighted by Crippen LogP contribution is -2.52. The van der Waals surface area contributed by atoms with Gasteiger partial charge in [0.25, 0.3) is 0 Å². The average molecular weight is 339 g/mol. The molecule has 1 amide bonds. The first kappa shape index (κ1) is 19.7. The van der Waals surface area contributed by atoms with E-state index in [1.165, 1.54) is 11.3 Å².